The first-order valence-electron chi connectivity index (χ1n) is 5.76. The predicted octanol–water partition coefficient (Wildman–Crippen LogP) is 3.10. The fourth-order valence-electron chi connectivity index (χ4n) is 2.52. The van der Waals surface area contributed by atoms with Crippen LogP contribution in [0.25, 0.3) is 5.57 Å². The zero-order valence-corrected chi connectivity index (χ0v) is 9.46. The van der Waals surface area contributed by atoms with E-state index in [0.717, 1.165) is 24.8 Å². The zero-order chi connectivity index (χ0) is 11.8. The van der Waals surface area contributed by atoms with E-state index in [1.54, 1.807) is 12.5 Å². The van der Waals surface area contributed by atoms with Crippen LogP contribution < -0.4 is 0 Å². The molecule has 2 nitrogen and oxygen atoms in total. The molecule has 1 aromatic heterocycles. The first kappa shape index (κ1) is 10.3. The van der Waals surface area contributed by atoms with E-state index in [1.807, 2.05) is 6.07 Å². The minimum atomic E-state index is -0.196. The number of H-pyrrole nitrogens is 1. The number of hydrogen-bond donors (Lipinski definition) is 1. The molecule has 3 heteroatoms. The van der Waals surface area contributed by atoms with Crippen molar-refractivity contribution < 1.29 is 4.39 Å². The molecule has 0 fully saturated rings. The van der Waals surface area contributed by atoms with E-state index in [-0.39, 0.29) is 5.82 Å². The van der Waals surface area contributed by atoms with Crippen molar-refractivity contribution in [2.75, 3.05) is 0 Å². The van der Waals surface area contributed by atoms with Gasteiger partial charge in [-0.3, -0.25) is 0 Å². The summed E-state index contributed by atoms with van der Waals surface area (Å²) >= 11 is 0. The molecule has 3 rings (SSSR count). The average molecular weight is 228 g/mol. The third-order valence-corrected chi connectivity index (χ3v) is 3.34. The van der Waals surface area contributed by atoms with Crippen LogP contribution in [-0.4, -0.2) is 9.97 Å². The van der Waals surface area contributed by atoms with Gasteiger partial charge in [0.15, 0.2) is 0 Å². The highest BCUT2D eigenvalue weighted by Crippen LogP contribution is 2.33. The standard InChI is InChI=1S/C14H13FN2/c1-9(13-7-16-8-17-13)14-11-4-2-3-10(11)5-6-12(14)15/h5-8H,1-4H2,(H,16,17). The van der Waals surface area contributed by atoms with Crippen LogP contribution in [0.2, 0.25) is 0 Å². The van der Waals surface area contributed by atoms with Gasteiger partial charge in [0.05, 0.1) is 12.0 Å². The normalized spacial score (nSPS) is 13.7. The van der Waals surface area contributed by atoms with Crippen molar-refractivity contribution in [3.8, 4) is 0 Å². The van der Waals surface area contributed by atoms with Crippen LogP contribution in [0.1, 0.15) is 28.8 Å². The van der Waals surface area contributed by atoms with Gasteiger partial charge in [-0.25, -0.2) is 9.37 Å². The minimum absolute atomic E-state index is 0.196. The van der Waals surface area contributed by atoms with Crippen LogP contribution >= 0.6 is 0 Å². The fraction of sp³-hybridized carbons (Fsp3) is 0.214. The van der Waals surface area contributed by atoms with Crippen molar-refractivity contribution in [3.05, 3.63) is 59.4 Å². The molecule has 1 aliphatic rings. The molecule has 2 aromatic rings. The lowest BCUT2D eigenvalue weighted by molar-refractivity contribution is 0.622. The molecule has 0 saturated carbocycles. The largest absolute Gasteiger partial charge is 0.351 e. The van der Waals surface area contributed by atoms with Gasteiger partial charge in [-0.05, 0) is 36.5 Å². The molecule has 0 bridgehead atoms. The summed E-state index contributed by atoms with van der Waals surface area (Å²) in [6.45, 7) is 3.98. The molecule has 1 heterocycles. The number of aromatic nitrogens is 2. The highest BCUT2D eigenvalue weighted by Gasteiger charge is 2.20. The molecule has 1 aromatic carbocycles. The first-order chi connectivity index (χ1) is 8.27. The van der Waals surface area contributed by atoms with Crippen LogP contribution in [-0.2, 0) is 12.8 Å². The number of rotatable bonds is 2. The molecule has 0 spiro atoms. The number of aryl methyl sites for hydroxylation is 1. The minimum Gasteiger partial charge on any atom is -0.351 e. The molecular weight excluding hydrogens is 215 g/mol. The molecular formula is C14H13FN2. The molecule has 0 atom stereocenters. The number of aromatic amines is 1. The maximum absolute atomic E-state index is 14.0. The van der Waals surface area contributed by atoms with E-state index in [4.69, 9.17) is 0 Å². The first-order valence-corrected chi connectivity index (χ1v) is 5.76. The van der Waals surface area contributed by atoms with Crippen molar-refractivity contribution >= 4 is 5.57 Å². The summed E-state index contributed by atoms with van der Waals surface area (Å²) in [4.78, 5) is 7.01. The lowest BCUT2D eigenvalue weighted by Crippen LogP contribution is -1.98. The summed E-state index contributed by atoms with van der Waals surface area (Å²) < 4.78 is 14.0. The van der Waals surface area contributed by atoms with Gasteiger partial charge in [-0.2, -0.15) is 0 Å². The van der Waals surface area contributed by atoms with E-state index in [2.05, 4.69) is 16.5 Å². The summed E-state index contributed by atoms with van der Waals surface area (Å²) in [6, 6.07) is 3.43. The van der Waals surface area contributed by atoms with E-state index in [0.29, 0.717) is 16.8 Å². The van der Waals surface area contributed by atoms with Crippen LogP contribution in [0.5, 0.6) is 0 Å². The second-order valence-electron chi connectivity index (χ2n) is 4.35. The number of benzene rings is 1. The smallest absolute Gasteiger partial charge is 0.131 e. The van der Waals surface area contributed by atoms with Crippen LogP contribution in [0, 0.1) is 5.82 Å². The Bertz CT molecular complexity index is 570. The SMILES string of the molecule is C=C(c1c[nH]cn1)c1c(F)ccc2c1CCC2. The Morgan fingerprint density at radius 2 is 2.24 bits per heavy atom. The molecule has 86 valence electrons. The van der Waals surface area contributed by atoms with E-state index in [1.165, 1.54) is 11.6 Å². The van der Waals surface area contributed by atoms with E-state index >= 15 is 0 Å². The van der Waals surface area contributed by atoms with Crippen molar-refractivity contribution in [2.24, 2.45) is 0 Å². The van der Waals surface area contributed by atoms with E-state index < -0.39 is 0 Å². The highest BCUT2D eigenvalue weighted by atomic mass is 19.1. The van der Waals surface area contributed by atoms with Crippen molar-refractivity contribution in [3.63, 3.8) is 0 Å². The monoisotopic (exact) mass is 228 g/mol. The molecule has 0 radical (unpaired) electrons. The third-order valence-electron chi connectivity index (χ3n) is 3.34. The molecule has 17 heavy (non-hydrogen) atoms. The van der Waals surface area contributed by atoms with Gasteiger partial charge in [-0.15, -0.1) is 0 Å². The summed E-state index contributed by atoms with van der Waals surface area (Å²) in [7, 11) is 0. The van der Waals surface area contributed by atoms with Gasteiger partial charge in [0.1, 0.15) is 5.82 Å². The van der Waals surface area contributed by atoms with Gasteiger partial charge in [0.2, 0.25) is 0 Å². The molecule has 1 aliphatic carbocycles. The Morgan fingerprint density at radius 3 is 3.00 bits per heavy atom. The maximum atomic E-state index is 14.0. The second-order valence-corrected chi connectivity index (χ2v) is 4.35. The molecule has 0 unspecified atom stereocenters. The quantitative estimate of drug-likeness (QED) is 0.840. The number of hydrogen-bond acceptors (Lipinski definition) is 1. The molecule has 0 aliphatic heterocycles. The number of nitrogens with one attached hydrogen (secondary N) is 1. The lowest BCUT2D eigenvalue weighted by atomic mass is 9.95. The Balaban J connectivity index is 2.15. The topological polar surface area (TPSA) is 28.7 Å². The number of fused-ring (bicyclic) bond motifs is 1. The third kappa shape index (κ3) is 1.58. The number of halogens is 1. The fourth-order valence-corrected chi connectivity index (χ4v) is 2.52. The van der Waals surface area contributed by atoms with Crippen molar-refractivity contribution in [2.45, 2.75) is 19.3 Å². The molecule has 0 saturated heterocycles. The number of nitrogens with zero attached hydrogens (tertiary/aromatic N) is 1. The Labute approximate surface area is 99.2 Å². The predicted molar refractivity (Wildman–Crippen MR) is 65.1 cm³/mol. The summed E-state index contributed by atoms with van der Waals surface area (Å²) in [5.74, 6) is -0.196. The average Bonchev–Trinajstić information content (AvgIpc) is 2.98. The van der Waals surface area contributed by atoms with Crippen LogP contribution in [0.15, 0.2) is 31.2 Å². The second kappa shape index (κ2) is 3.84. The zero-order valence-electron chi connectivity index (χ0n) is 9.46. The van der Waals surface area contributed by atoms with Crippen LogP contribution in [0.4, 0.5) is 4.39 Å². The summed E-state index contributed by atoms with van der Waals surface area (Å²) in [5.41, 5.74) is 4.38. The van der Waals surface area contributed by atoms with E-state index in [9.17, 15) is 4.39 Å². The van der Waals surface area contributed by atoms with Crippen molar-refractivity contribution in [1.82, 2.24) is 9.97 Å². The molecule has 0 amide bonds. The van der Waals surface area contributed by atoms with Gasteiger partial charge >= 0.3 is 0 Å². The highest BCUT2D eigenvalue weighted by molar-refractivity contribution is 5.79. The Kier molecular flexibility index (Phi) is 2.32. The van der Waals surface area contributed by atoms with Gasteiger partial charge < -0.3 is 4.98 Å². The summed E-state index contributed by atoms with van der Waals surface area (Å²) in [6.07, 6.45) is 6.40. The van der Waals surface area contributed by atoms with Crippen LogP contribution in [0.3, 0.4) is 0 Å². The van der Waals surface area contributed by atoms with Crippen molar-refractivity contribution in [1.29, 1.82) is 0 Å². The Hall–Kier alpha value is -1.90. The van der Waals surface area contributed by atoms with Gasteiger partial charge in [0.25, 0.3) is 0 Å². The Morgan fingerprint density at radius 1 is 1.35 bits per heavy atom. The maximum Gasteiger partial charge on any atom is 0.131 e. The molecule has 1 N–H and O–H groups in total. The summed E-state index contributed by atoms with van der Waals surface area (Å²) in [5, 5.41) is 0. The lowest BCUT2D eigenvalue weighted by Gasteiger charge is -2.11. The number of imidazole rings is 1. The van der Waals surface area contributed by atoms with Gasteiger partial charge in [0, 0.05) is 17.3 Å². The van der Waals surface area contributed by atoms with Gasteiger partial charge in [-0.1, -0.05) is 12.6 Å².